The van der Waals surface area contributed by atoms with Gasteiger partial charge in [-0.2, -0.15) is 10.5 Å². The number of anilines is 3. The van der Waals surface area contributed by atoms with E-state index in [-0.39, 0.29) is 0 Å². The maximum Gasteiger partial charge on any atom is 0.153 e. The van der Waals surface area contributed by atoms with Crippen LogP contribution >= 0.6 is 15.9 Å². The second kappa shape index (κ2) is 5.38. The maximum atomic E-state index is 9.04. The molecular formula is C13H8BrN5. The number of nitrogen functional groups attached to an aromatic ring is 1. The van der Waals surface area contributed by atoms with E-state index < -0.39 is 0 Å². The van der Waals surface area contributed by atoms with Crippen molar-refractivity contribution in [3.63, 3.8) is 0 Å². The molecule has 1 heterocycles. The largest absolute Gasteiger partial charge is 0.396 e. The lowest BCUT2D eigenvalue weighted by Gasteiger charge is -2.10. The fraction of sp³-hybridized carbons (Fsp3) is 0. The number of nitrogens with zero attached hydrogens (tertiary/aromatic N) is 3. The number of pyridine rings is 1. The Labute approximate surface area is 118 Å². The van der Waals surface area contributed by atoms with E-state index in [2.05, 4.69) is 32.3 Å². The molecular weight excluding hydrogens is 306 g/mol. The van der Waals surface area contributed by atoms with Crippen LogP contribution in [0.15, 0.2) is 34.9 Å². The van der Waals surface area contributed by atoms with Gasteiger partial charge in [0.1, 0.15) is 12.1 Å². The number of nitrogens with one attached hydrogen (secondary N) is 1. The van der Waals surface area contributed by atoms with Gasteiger partial charge < -0.3 is 11.1 Å². The minimum absolute atomic E-state index is 0.350. The van der Waals surface area contributed by atoms with Crippen LogP contribution in [0, 0.1) is 22.7 Å². The Morgan fingerprint density at radius 2 is 2.00 bits per heavy atom. The zero-order valence-corrected chi connectivity index (χ0v) is 11.3. The van der Waals surface area contributed by atoms with E-state index in [0.717, 1.165) is 4.47 Å². The topological polar surface area (TPSA) is 98.5 Å². The second-order valence-electron chi connectivity index (χ2n) is 3.70. The van der Waals surface area contributed by atoms with E-state index in [1.807, 2.05) is 6.07 Å². The standard InChI is InChI=1S/C13H8BrN5/c14-10-2-1-9(6-16)12(4-10)19-13-11(17)3-8(5-15)7-18-13/h1-4,7H,17H2,(H,18,19). The van der Waals surface area contributed by atoms with E-state index in [0.29, 0.717) is 28.3 Å². The van der Waals surface area contributed by atoms with Gasteiger partial charge in [0.2, 0.25) is 0 Å². The highest BCUT2D eigenvalue weighted by Gasteiger charge is 2.07. The molecule has 0 atom stereocenters. The van der Waals surface area contributed by atoms with E-state index in [1.54, 1.807) is 18.2 Å². The van der Waals surface area contributed by atoms with Gasteiger partial charge in [-0.05, 0) is 24.3 Å². The molecule has 0 unspecified atom stereocenters. The second-order valence-corrected chi connectivity index (χ2v) is 4.62. The molecule has 0 radical (unpaired) electrons. The fourth-order valence-electron chi connectivity index (χ4n) is 1.49. The Morgan fingerprint density at radius 1 is 1.21 bits per heavy atom. The van der Waals surface area contributed by atoms with Gasteiger partial charge in [0.05, 0.1) is 22.5 Å². The minimum atomic E-state index is 0.350. The average Bonchev–Trinajstić information content (AvgIpc) is 2.41. The van der Waals surface area contributed by atoms with Gasteiger partial charge in [0, 0.05) is 10.7 Å². The number of hydrogen-bond donors (Lipinski definition) is 2. The fourth-order valence-corrected chi connectivity index (χ4v) is 1.85. The Hall–Kier alpha value is -2.57. The van der Waals surface area contributed by atoms with Gasteiger partial charge in [-0.1, -0.05) is 15.9 Å². The Bertz CT molecular complexity index is 712. The minimum Gasteiger partial charge on any atom is -0.396 e. The summed E-state index contributed by atoms with van der Waals surface area (Å²) in [6, 6.07) is 10.8. The summed E-state index contributed by atoms with van der Waals surface area (Å²) in [5, 5.41) is 20.8. The molecule has 92 valence electrons. The zero-order chi connectivity index (χ0) is 13.8. The molecule has 5 nitrogen and oxygen atoms in total. The first-order valence-corrected chi connectivity index (χ1v) is 6.05. The molecule has 0 bridgehead atoms. The molecule has 0 saturated carbocycles. The van der Waals surface area contributed by atoms with Gasteiger partial charge >= 0.3 is 0 Å². The summed E-state index contributed by atoms with van der Waals surface area (Å²) in [5.41, 5.74) is 7.62. The van der Waals surface area contributed by atoms with Crippen molar-refractivity contribution in [1.29, 1.82) is 10.5 Å². The van der Waals surface area contributed by atoms with Crippen LogP contribution in [-0.4, -0.2) is 4.98 Å². The van der Waals surface area contributed by atoms with Crippen LogP contribution < -0.4 is 11.1 Å². The lowest BCUT2D eigenvalue weighted by Crippen LogP contribution is -2.01. The molecule has 1 aromatic heterocycles. The molecule has 0 aliphatic carbocycles. The first-order chi connectivity index (χ1) is 9.13. The van der Waals surface area contributed by atoms with Crippen molar-refractivity contribution < 1.29 is 0 Å². The summed E-state index contributed by atoms with van der Waals surface area (Å²) in [6.07, 6.45) is 1.42. The number of nitrogens with two attached hydrogens (primary N) is 1. The van der Waals surface area contributed by atoms with Gasteiger partial charge in [-0.3, -0.25) is 0 Å². The molecule has 19 heavy (non-hydrogen) atoms. The quantitative estimate of drug-likeness (QED) is 0.888. The van der Waals surface area contributed by atoms with Crippen molar-refractivity contribution in [3.8, 4) is 12.1 Å². The number of halogens is 1. The number of nitriles is 2. The molecule has 6 heteroatoms. The SMILES string of the molecule is N#Cc1cnc(Nc2cc(Br)ccc2C#N)c(N)c1. The van der Waals surface area contributed by atoms with Crippen molar-refractivity contribution in [2.75, 3.05) is 11.1 Å². The molecule has 2 rings (SSSR count). The van der Waals surface area contributed by atoms with Crippen LogP contribution in [-0.2, 0) is 0 Å². The monoisotopic (exact) mass is 313 g/mol. The Morgan fingerprint density at radius 3 is 2.63 bits per heavy atom. The van der Waals surface area contributed by atoms with E-state index in [1.165, 1.54) is 12.3 Å². The summed E-state index contributed by atoms with van der Waals surface area (Å²) in [7, 11) is 0. The lowest BCUT2D eigenvalue weighted by atomic mass is 10.2. The van der Waals surface area contributed by atoms with Crippen LogP contribution in [0.4, 0.5) is 17.2 Å². The molecule has 2 aromatic rings. The third-order valence-electron chi connectivity index (χ3n) is 2.40. The molecule has 1 aromatic carbocycles. The van der Waals surface area contributed by atoms with Crippen molar-refractivity contribution >= 4 is 33.1 Å². The average molecular weight is 314 g/mol. The summed E-state index contributed by atoms with van der Waals surface area (Å²) >= 11 is 3.34. The highest BCUT2D eigenvalue weighted by atomic mass is 79.9. The molecule has 0 aliphatic heterocycles. The number of aromatic nitrogens is 1. The van der Waals surface area contributed by atoms with Gasteiger partial charge in [0.15, 0.2) is 5.82 Å². The van der Waals surface area contributed by atoms with Crippen LogP contribution in [0.3, 0.4) is 0 Å². The van der Waals surface area contributed by atoms with Gasteiger partial charge in [-0.25, -0.2) is 4.98 Å². The Balaban J connectivity index is 2.40. The molecule has 0 amide bonds. The third-order valence-corrected chi connectivity index (χ3v) is 2.89. The van der Waals surface area contributed by atoms with Crippen molar-refractivity contribution in [2.45, 2.75) is 0 Å². The zero-order valence-electron chi connectivity index (χ0n) is 9.68. The highest BCUT2D eigenvalue weighted by molar-refractivity contribution is 9.10. The molecule has 0 fully saturated rings. The maximum absolute atomic E-state index is 9.04. The Kier molecular flexibility index (Phi) is 3.65. The molecule has 0 saturated heterocycles. The van der Waals surface area contributed by atoms with Gasteiger partial charge in [-0.15, -0.1) is 0 Å². The first kappa shape index (κ1) is 12.9. The predicted molar refractivity (Wildman–Crippen MR) is 75.5 cm³/mol. The van der Waals surface area contributed by atoms with Gasteiger partial charge in [0.25, 0.3) is 0 Å². The van der Waals surface area contributed by atoms with Crippen molar-refractivity contribution in [3.05, 3.63) is 46.1 Å². The summed E-state index contributed by atoms with van der Waals surface area (Å²) < 4.78 is 0.834. The van der Waals surface area contributed by atoms with Crippen LogP contribution in [0.2, 0.25) is 0 Å². The summed E-state index contributed by atoms with van der Waals surface area (Å²) in [4.78, 5) is 4.07. The number of benzene rings is 1. The van der Waals surface area contributed by atoms with Crippen LogP contribution in [0.1, 0.15) is 11.1 Å². The van der Waals surface area contributed by atoms with E-state index in [4.69, 9.17) is 16.3 Å². The molecule has 3 N–H and O–H groups in total. The number of rotatable bonds is 2. The van der Waals surface area contributed by atoms with Crippen LogP contribution in [0.5, 0.6) is 0 Å². The smallest absolute Gasteiger partial charge is 0.153 e. The molecule has 0 aliphatic rings. The highest BCUT2D eigenvalue weighted by Crippen LogP contribution is 2.26. The van der Waals surface area contributed by atoms with Crippen LogP contribution in [0.25, 0.3) is 0 Å². The first-order valence-electron chi connectivity index (χ1n) is 5.26. The third kappa shape index (κ3) is 2.82. The van der Waals surface area contributed by atoms with Crippen molar-refractivity contribution in [1.82, 2.24) is 4.98 Å². The van der Waals surface area contributed by atoms with E-state index >= 15 is 0 Å². The normalized spacial score (nSPS) is 9.42. The predicted octanol–water partition coefficient (Wildman–Crippen LogP) is 2.91. The molecule has 0 spiro atoms. The number of hydrogen-bond acceptors (Lipinski definition) is 5. The summed E-state index contributed by atoms with van der Waals surface area (Å²) in [5.74, 6) is 0.411. The van der Waals surface area contributed by atoms with E-state index in [9.17, 15) is 0 Å². The lowest BCUT2D eigenvalue weighted by molar-refractivity contribution is 1.29. The van der Waals surface area contributed by atoms with Crippen molar-refractivity contribution in [2.24, 2.45) is 0 Å². The summed E-state index contributed by atoms with van der Waals surface area (Å²) in [6.45, 7) is 0.